The average molecular weight is 526 g/mol. The molecule has 2 amide bonds. The van der Waals surface area contributed by atoms with Crippen molar-refractivity contribution in [3.63, 3.8) is 0 Å². The average Bonchev–Trinajstić information content (AvgIpc) is 3.64. The van der Waals surface area contributed by atoms with E-state index < -0.39 is 0 Å². The summed E-state index contributed by atoms with van der Waals surface area (Å²) in [7, 11) is 1.65. The number of amides is 2. The summed E-state index contributed by atoms with van der Waals surface area (Å²) in [6.45, 7) is 4.45. The zero-order valence-corrected chi connectivity index (χ0v) is 22.7. The normalized spacial score (nSPS) is 12.7. The maximum Gasteiger partial charge on any atom is 0.263 e. The van der Waals surface area contributed by atoms with Crippen LogP contribution in [0.4, 0.5) is 0 Å². The van der Waals surface area contributed by atoms with Crippen LogP contribution < -0.4 is 15.4 Å². The van der Waals surface area contributed by atoms with E-state index in [4.69, 9.17) is 9.72 Å². The highest BCUT2D eigenvalue weighted by atomic mass is 32.1. The minimum absolute atomic E-state index is 0.0386. The quantitative estimate of drug-likeness (QED) is 0.287. The maximum atomic E-state index is 13.4. The molecule has 0 spiro atoms. The number of ether oxygens (including phenoxy) is 1. The number of aromatic nitrogens is 1. The Bertz CT molecular complexity index is 1480. The number of carbonyl (C=O) groups is 2. The molecule has 0 saturated heterocycles. The van der Waals surface area contributed by atoms with E-state index in [9.17, 15) is 9.59 Å². The largest absolute Gasteiger partial charge is 0.496 e. The van der Waals surface area contributed by atoms with Gasteiger partial charge in [0.2, 0.25) is 0 Å². The van der Waals surface area contributed by atoms with Crippen molar-refractivity contribution < 1.29 is 14.3 Å². The van der Waals surface area contributed by atoms with E-state index in [1.54, 1.807) is 7.11 Å². The Morgan fingerprint density at radius 2 is 1.76 bits per heavy atom. The number of hydrogen-bond acceptors (Lipinski definition) is 5. The highest BCUT2D eigenvalue weighted by molar-refractivity contribution is 7.14. The third-order valence-electron chi connectivity index (χ3n) is 6.71. The van der Waals surface area contributed by atoms with Crippen LogP contribution in [0.25, 0.3) is 11.3 Å². The number of nitrogens with one attached hydrogen (secondary N) is 2. The van der Waals surface area contributed by atoms with Crippen molar-refractivity contribution >= 4 is 23.2 Å². The molecule has 1 fully saturated rings. The first kappa shape index (κ1) is 25.7. The number of rotatable bonds is 9. The van der Waals surface area contributed by atoms with Gasteiger partial charge in [-0.25, -0.2) is 4.98 Å². The van der Waals surface area contributed by atoms with Crippen molar-refractivity contribution in [3.05, 3.63) is 104 Å². The summed E-state index contributed by atoms with van der Waals surface area (Å²) in [5.41, 5.74) is 6.29. The van der Waals surface area contributed by atoms with E-state index >= 15 is 0 Å². The summed E-state index contributed by atoms with van der Waals surface area (Å²) in [4.78, 5) is 31.5. The molecular formula is C31H31N3O3S. The summed E-state index contributed by atoms with van der Waals surface area (Å²) >= 11 is 1.40. The Morgan fingerprint density at radius 3 is 2.47 bits per heavy atom. The predicted molar refractivity (Wildman–Crippen MR) is 151 cm³/mol. The lowest BCUT2D eigenvalue weighted by molar-refractivity contribution is 0.0944. The first-order valence-electron chi connectivity index (χ1n) is 12.8. The van der Waals surface area contributed by atoms with Crippen molar-refractivity contribution in [2.45, 2.75) is 45.7 Å². The predicted octanol–water partition coefficient (Wildman–Crippen LogP) is 5.85. The summed E-state index contributed by atoms with van der Waals surface area (Å²) in [5, 5.41) is 6.93. The van der Waals surface area contributed by atoms with Crippen LogP contribution in [-0.2, 0) is 13.0 Å². The molecule has 7 heteroatoms. The number of carbonyl (C=O) groups excluding carboxylic acids is 2. The van der Waals surface area contributed by atoms with Gasteiger partial charge >= 0.3 is 0 Å². The Morgan fingerprint density at radius 1 is 0.974 bits per heavy atom. The molecule has 0 bridgehead atoms. The van der Waals surface area contributed by atoms with Crippen LogP contribution in [0.1, 0.15) is 60.1 Å². The number of aryl methyl sites for hydroxylation is 2. The Hall–Kier alpha value is -3.97. The number of thiazole rings is 1. The number of methoxy groups -OCH3 is 1. The van der Waals surface area contributed by atoms with Gasteiger partial charge in [-0.3, -0.25) is 9.59 Å². The van der Waals surface area contributed by atoms with Crippen LogP contribution >= 0.6 is 11.3 Å². The molecule has 1 aromatic heterocycles. The van der Waals surface area contributed by atoms with E-state index in [1.165, 1.54) is 11.3 Å². The van der Waals surface area contributed by atoms with Gasteiger partial charge in [0.05, 0.1) is 17.8 Å². The molecule has 4 aromatic rings. The fourth-order valence-corrected chi connectivity index (χ4v) is 5.36. The van der Waals surface area contributed by atoms with Crippen molar-refractivity contribution in [1.82, 2.24) is 15.6 Å². The topological polar surface area (TPSA) is 80.3 Å². The van der Waals surface area contributed by atoms with Gasteiger partial charge in [0.25, 0.3) is 11.8 Å². The molecule has 0 aliphatic heterocycles. The SMILES string of the molecule is COc1ccc(-c2nc(Cc3cc(C(=O)NC4CC4)ccc3C)sc2C(=O)NCc2ccccc2)cc1C. The zero-order chi connectivity index (χ0) is 26.6. The first-order chi connectivity index (χ1) is 18.4. The molecule has 1 aliphatic carbocycles. The van der Waals surface area contributed by atoms with Crippen LogP contribution in [0, 0.1) is 13.8 Å². The molecule has 1 aliphatic rings. The number of hydrogen-bond donors (Lipinski definition) is 2. The van der Waals surface area contributed by atoms with E-state index in [1.807, 2.05) is 80.6 Å². The van der Waals surface area contributed by atoms with Crippen LogP contribution in [0.15, 0.2) is 66.7 Å². The van der Waals surface area contributed by atoms with Crippen LogP contribution in [0.2, 0.25) is 0 Å². The van der Waals surface area contributed by atoms with E-state index in [0.29, 0.717) is 35.1 Å². The summed E-state index contributed by atoms with van der Waals surface area (Å²) in [5.74, 6) is 0.592. The minimum Gasteiger partial charge on any atom is -0.496 e. The minimum atomic E-state index is -0.157. The molecule has 194 valence electrons. The van der Waals surface area contributed by atoms with Gasteiger partial charge in [0.1, 0.15) is 10.6 Å². The number of nitrogens with zero attached hydrogens (tertiary/aromatic N) is 1. The van der Waals surface area contributed by atoms with Crippen molar-refractivity contribution in [2.75, 3.05) is 7.11 Å². The van der Waals surface area contributed by atoms with Gasteiger partial charge in [-0.1, -0.05) is 36.4 Å². The van der Waals surface area contributed by atoms with Crippen molar-refractivity contribution in [1.29, 1.82) is 0 Å². The van der Waals surface area contributed by atoms with Gasteiger partial charge < -0.3 is 15.4 Å². The summed E-state index contributed by atoms with van der Waals surface area (Å²) in [6.07, 6.45) is 2.63. The van der Waals surface area contributed by atoms with Crippen LogP contribution in [0.3, 0.4) is 0 Å². The van der Waals surface area contributed by atoms with E-state index in [2.05, 4.69) is 10.6 Å². The molecule has 0 atom stereocenters. The molecule has 0 unspecified atom stereocenters. The monoisotopic (exact) mass is 525 g/mol. The summed E-state index contributed by atoms with van der Waals surface area (Å²) < 4.78 is 5.43. The molecule has 0 radical (unpaired) electrons. The third kappa shape index (κ3) is 5.94. The second-order valence-electron chi connectivity index (χ2n) is 9.70. The van der Waals surface area contributed by atoms with E-state index in [-0.39, 0.29) is 11.8 Å². The highest BCUT2D eigenvalue weighted by Gasteiger charge is 2.24. The zero-order valence-electron chi connectivity index (χ0n) is 21.8. The molecule has 2 N–H and O–H groups in total. The third-order valence-corrected chi connectivity index (χ3v) is 7.76. The van der Waals surface area contributed by atoms with Gasteiger partial charge in [0.15, 0.2) is 0 Å². The molecular weight excluding hydrogens is 494 g/mol. The molecule has 1 heterocycles. The molecule has 1 saturated carbocycles. The lowest BCUT2D eigenvalue weighted by Crippen LogP contribution is -2.25. The lowest BCUT2D eigenvalue weighted by Gasteiger charge is -2.08. The second-order valence-corrected chi connectivity index (χ2v) is 10.8. The van der Waals surface area contributed by atoms with Crippen molar-refractivity contribution in [3.8, 4) is 17.0 Å². The standard InChI is InChI=1S/C31H31N3O3S/c1-19-9-10-23(30(35)33-25-12-13-25)16-24(19)17-27-34-28(22-11-14-26(37-3)20(2)15-22)29(38-27)31(36)32-18-21-7-5-4-6-8-21/h4-11,14-16,25H,12-13,17-18H2,1-3H3,(H,32,36)(H,33,35). The molecule has 5 rings (SSSR count). The van der Waals surface area contributed by atoms with E-state index in [0.717, 1.165) is 51.4 Å². The van der Waals surface area contributed by atoms with Gasteiger partial charge in [-0.2, -0.15) is 0 Å². The lowest BCUT2D eigenvalue weighted by atomic mass is 10.0. The second kappa shape index (κ2) is 11.2. The summed E-state index contributed by atoms with van der Waals surface area (Å²) in [6, 6.07) is 21.8. The molecule has 6 nitrogen and oxygen atoms in total. The first-order valence-corrected chi connectivity index (χ1v) is 13.6. The Kier molecular flexibility index (Phi) is 7.56. The number of benzene rings is 3. The Labute approximate surface area is 227 Å². The van der Waals surface area contributed by atoms with Crippen molar-refractivity contribution in [2.24, 2.45) is 0 Å². The fraction of sp³-hybridized carbons (Fsp3) is 0.258. The molecule has 3 aromatic carbocycles. The highest BCUT2D eigenvalue weighted by Crippen LogP contribution is 2.33. The molecule has 38 heavy (non-hydrogen) atoms. The van der Waals surface area contributed by atoms with Gasteiger partial charge in [-0.15, -0.1) is 11.3 Å². The van der Waals surface area contributed by atoms with Crippen LogP contribution in [0.5, 0.6) is 5.75 Å². The van der Waals surface area contributed by atoms with Gasteiger partial charge in [0, 0.05) is 30.1 Å². The maximum absolute atomic E-state index is 13.4. The smallest absolute Gasteiger partial charge is 0.263 e. The van der Waals surface area contributed by atoms with Crippen LogP contribution in [-0.4, -0.2) is 29.9 Å². The van der Waals surface area contributed by atoms with Gasteiger partial charge in [-0.05, 0) is 79.3 Å². The fourth-order valence-electron chi connectivity index (χ4n) is 4.34. The Balaban J connectivity index is 1.45.